The van der Waals surface area contributed by atoms with Gasteiger partial charge in [-0.25, -0.2) is 9.69 Å². The summed E-state index contributed by atoms with van der Waals surface area (Å²) in [6, 6.07) is 13.9. The molecule has 36 heavy (non-hydrogen) atoms. The van der Waals surface area contributed by atoms with E-state index in [0.717, 1.165) is 47.8 Å². The van der Waals surface area contributed by atoms with Crippen LogP contribution in [0.4, 0.5) is 10.5 Å². The van der Waals surface area contributed by atoms with Crippen molar-refractivity contribution >= 4 is 34.4 Å². The van der Waals surface area contributed by atoms with E-state index in [1.807, 2.05) is 25.1 Å². The van der Waals surface area contributed by atoms with Gasteiger partial charge in [-0.3, -0.25) is 9.59 Å². The van der Waals surface area contributed by atoms with Crippen LogP contribution in [0, 0.1) is 0 Å². The third kappa shape index (κ3) is 3.69. The van der Waals surface area contributed by atoms with Crippen LogP contribution in [-0.4, -0.2) is 39.8 Å². The molecule has 2 N–H and O–H groups in total. The molecule has 6 rings (SSSR count). The lowest BCUT2D eigenvalue weighted by molar-refractivity contribution is -0.120. The number of nitrogens with zero attached hydrogens (tertiary/aromatic N) is 2. The van der Waals surface area contributed by atoms with Crippen molar-refractivity contribution < 1.29 is 14.4 Å². The van der Waals surface area contributed by atoms with Gasteiger partial charge in [0, 0.05) is 29.1 Å². The monoisotopic (exact) mass is 484 g/mol. The molecule has 3 heterocycles. The van der Waals surface area contributed by atoms with E-state index >= 15 is 0 Å². The van der Waals surface area contributed by atoms with E-state index in [0.29, 0.717) is 17.7 Å². The highest BCUT2D eigenvalue weighted by atomic mass is 16.2. The van der Waals surface area contributed by atoms with Crippen LogP contribution >= 0.6 is 0 Å². The summed E-state index contributed by atoms with van der Waals surface area (Å²) in [5, 5.41) is 4.29. The van der Waals surface area contributed by atoms with E-state index in [2.05, 4.69) is 16.4 Å². The molecule has 1 saturated carbocycles. The third-order valence-corrected chi connectivity index (χ3v) is 8.16. The van der Waals surface area contributed by atoms with Gasteiger partial charge in [-0.1, -0.05) is 62.4 Å². The zero-order valence-corrected chi connectivity index (χ0v) is 20.6. The van der Waals surface area contributed by atoms with Crippen LogP contribution in [-0.2, 0) is 11.2 Å². The van der Waals surface area contributed by atoms with E-state index in [-0.39, 0.29) is 29.9 Å². The van der Waals surface area contributed by atoms with Gasteiger partial charge >= 0.3 is 6.03 Å². The van der Waals surface area contributed by atoms with Crippen molar-refractivity contribution in [3.05, 3.63) is 65.4 Å². The van der Waals surface area contributed by atoms with Crippen LogP contribution < -0.4 is 10.2 Å². The maximum Gasteiger partial charge on any atom is 0.332 e. The number of para-hydroxylation sites is 2. The fourth-order valence-corrected chi connectivity index (χ4v) is 6.31. The maximum absolute atomic E-state index is 13.7. The molecule has 7 nitrogen and oxygen atoms in total. The molecule has 2 fully saturated rings. The normalized spacial score (nSPS) is 22.8. The molecule has 0 spiro atoms. The average molecular weight is 485 g/mol. The Bertz CT molecular complexity index is 1340. The molecular weight excluding hydrogens is 452 g/mol. The van der Waals surface area contributed by atoms with Crippen LogP contribution in [0.5, 0.6) is 0 Å². The fourth-order valence-electron chi connectivity index (χ4n) is 6.31. The number of carbonyl (C=O) groups excluding carboxylic acids is 3. The first kappa shape index (κ1) is 22.8. The van der Waals surface area contributed by atoms with Gasteiger partial charge in [0.2, 0.25) is 0 Å². The first-order valence-electron chi connectivity index (χ1n) is 13.2. The molecule has 1 unspecified atom stereocenters. The summed E-state index contributed by atoms with van der Waals surface area (Å²) in [6.45, 7) is 1.96. The van der Waals surface area contributed by atoms with E-state index in [1.165, 1.54) is 24.2 Å². The summed E-state index contributed by atoms with van der Waals surface area (Å²) in [5.74, 6) is -0.486. The Morgan fingerprint density at radius 2 is 1.64 bits per heavy atom. The zero-order chi connectivity index (χ0) is 24.8. The Morgan fingerprint density at radius 3 is 2.44 bits per heavy atom. The van der Waals surface area contributed by atoms with Gasteiger partial charge in [0.15, 0.2) is 0 Å². The van der Waals surface area contributed by atoms with Crippen LogP contribution in [0.2, 0.25) is 0 Å². The fraction of sp³-hybridized carbons (Fsp3) is 0.414. The second-order valence-electron chi connectivity index (χ2n) is 10.4. The summed E-state index contributed by atoms with van der Waals surface area (Å²) in [6.07, 6.45) is 8.28. The van der Waals surface area contributed by atoms with Gasteiger partial charge in [0.1, 0.15) is 6.04 Å². The van der Waals surface area contributed by atoms with E-state index in [4.69, 9.17) is 0 Å². The Morgan fingerprint density at radius 1 is 0.944 bits per heavy atom. The molecule has 2 aliphatic heterocycles. The smallest absolute Gasteiger partial charge is 0.332 e. The van der Waals surface area contributed by atoms with Crippen LogP contribution in [0.3, 0.4) is 0 Å². The van der Waals surface area contributed by atoms with Gasteiger partial charge in [0.25, 0.3) is 11.8 Å². The SMILES string of the molecule is CC1c2[nH]c3ccccc3c2C[C@H]2C(=O)N(c3ccccc3C(=O)NC3CCCCCCC3)C(=O)N12. The number of urea groups is 1. The highest BCUT2D eigenvalue weighted by Crippen LogP contribution is 2.42. The minimum atomic E-state index is -0.582. The number of H-pyrrole nitrogens is 1. The Kier molecular flexibility index (Phi) is 5.78. The van der Waals surface area contributed by atoms with Gasteiger partial charge in [0.05, 0.1) is 17.3 Å². The quantitative estimate of drug-likeness (QED) is 0.484. The van der Waals surface area contributed by atoms with Gasteiger partial charge < -0.3 is 15.2 Å². The molecule has 0 bridgehead atoms. The number of fused-ring (bicyclic) bond motifs is 4. The number of amides is 4. The van der Waals surface area contributed by atoms with Gasteiger partial charge in [-0.2, -0.15) is 0 Å². The van der Waals surface area contributed by atoms with Gasteiger partial charge in [-0.15, -0.1) is 0 Å². The number of nitrogens with one attached hydrogen (secondary N) is 2. The van der Waals surface area contributed by atoms with Crippen LogP contribution in [0.15, 0.2) is 48.5 Å². The number of hydrogen-bond acceptors (Lipinski definition) is 3. The number of hydrogen-bond donors (Lipinski definition) is 2. The summed E-state index contributed by atoms with van der Waals surface area (Å²) >= 11 is 0. The zero-order valence-electron chi connectivity index (χ0n) is 20.6. The second kappa shape index (κ2) is 9.12. The van der Waals surface area contributed by atoms with Crippen molar-refractivity contribution in [2.45, 2.75) is 76.4 Å². The van der Waals surface area contributed by atoms with Crippen LogP contribution in [0.1, 0.15) is 79.5 Å². The summed E-state index contributed by atoms with van der Waals surface area (Å²) in [4.78, 5) is 47.2. The Balaban J connectivity index is 1.30. The highest BCUT2D eigenvalue weighted by molar-refractivity contribution is 6.24. The number of anilines is 1. The van der Waals surface area contributed by atoms with Crippen molar-refractivity contribution in [3.8, 4) is 0 Å². The number of benzene rings is 2. The first-order valence-corrected chi connectivity index (χ1v) is 13.2. The maximum atomic E-state index is 13.7. The minimum absolute atomic E-state index is 0.125. The van der Waals surface area contributed by atoms with Crippen molar-refractivity contribution in [3.63, 3.8) is 0 Å². The Hall–Kier alpha value is -3.61. The van der Waals surface area contributed by atoms with Crippen molar-refractivity contribution in [2.24, 2.45) is 0 Å². The summed E-state index contributed by atoms with van der Waals surface area (Å²) < 4.78 is 0. The number of imide groups is 1. The standard InChI is InChI=1S/C29H32N4O3/c1-18-26-22(20-13-7-9-15-23(20)31-26)17-25-28(35)33(29(36)32(18)25)24-16-10-8-14-21(24)27(34)30-19-11-5-3-2-4-6-12-19/h7-10,13-16,18-19,25,31H,2-6,11-12,17H2,1H3,(H,30,34)/t18?,25-/m0/s1. The molecule has 3 aliphatic rings. The predicted octanol–water partition coefficient (Wildman–Crippen LogP) is 5.47. The topological polar surface area (TPSA) is 85.5 Å². The van der Waals surface area contributed by atoms with Crippen molar-refractivity contribution in [1.29, 1.82) is 0 Å². The molecule has 0 radical (unpaired) electrons. The molecule has 186 valence electrons. The highest BCUT2D eigenvalue weighted by Gasteiger charge is 2.52. The molecular formula is C29H32N4O3. The number of rotatable bonds is 3. The lowest BCUT2D eigenvalue weighted by Crippen LogP contribution is -2.42. The number of aromatic nitrogens is 1. The van der Waals surface area contributed by atoms with E-state index in [1.54, 1.807) is 29.2 Å². The van der Waals surface area contributed by atoms with E-state index in [9.17, 15) is 14.4 Å². The largest absolute Gasteiger partial charge is 0.356 e. The van der Waals surface area contributed by atoms with Crippen molar-refractivity contribution in [1.82, 2.24) is 15.2 Å². The third-order valence-electron chi connectivity index (χ3n) is 8.16. The molecule has 7 heteroatoms. The number of carbonyl (C=O) groups is 3. The van der Waals surface area contributed by atoms with Crippen LogP contribution in [0.25, 0.3) is 10.9 Å². The minimum Gasteiger partial charge on any atom is -0.356 e. The van der Waals surface area contributed by atoms with Gasteiger partial charge in [-0.05, 0) is 43.5 Å². The summed E-state index contributed by atoms with van der Waals surface area (Å²) in [5.41, 5.74) is 3.83. The number of aromatic amines is 1. The first-order chi connectivity index (χ1) is 17.5. The molecule has 1 aliphatic carbocycles. The van der Waals surface area contributed by atoms with Crippen molar-refractivity contribution in [2.75, 3.05) is 4.90 Å². The van der Waals surface area contributed by atoms with E-state index < -0.39 is 6.04 Å². The molecule has 1 saturated heterocycles. The molecule has 2 atom stereocenters. The lowest BCUT2D eigenvalue weighted by Gasteiger charge is -2.33. The summed E-state index contributed by atoms with van der Waals surface area (Å²) in [7, 11) is 0. The average Bonchev–Trinajstić information content (AvgIpc) is 3.36. The molecule has 3 aromatic rings. The predicted molar refractivity (Wildman–Crippen MR) is 139 cm³/mol. The molecule has 4 amide bonds. The lowest BCUT2D eigenvalue weighted by atomic mass is 9.93. The Labute approximate surface area is 210 Å². The molecule has 2 aromatic carbocycles. The molecule has 1 aromatic heterocycles. The second-order valence-corrected chi connectivity index (χ2v) is 10.4.